The van der Waals surface area contributed by atoms with Crippen LogP contribution in [0.4, 0.5) is 14.0 Å². The van der Waals surface area contributed by atoms with Crippen LogP contribution < -0.4 is 0 Å². The molecule has 0 N–H and O–H groups in total. The number of likely N-dealkylation sites (tertiary alicyclic amines) is 1. The van der Waals surface area contributed by atoms with Gasteiger partial charge in [0, 0.05) is 13.1 Å². The first-order valence-corrected chi connectivity index (χ1v) is 8.81. The van der Waals surface area contributed by atoms with Crippen LogP contribution in [-0.4, -0.2) is 59.9 Å². The smallest absolute Gasteiger partial charge is 0.410 e. The van der Waals surface area contributed by atoms with Gasteiger partial charge in [0.15, 0.2) is 0 Å². The van der Waals surface area contributed by atoms with E-state index in [2.05, 4.69) is 0 Å². The normalized spacial score (nSPS) is 17.1. The summed E-state index contributed by atoms with van der Waals surface area (Å²) in [5, 5.41) is 0. The molecule has 0 aliphatic carbocycles. The highest BCUT2D eigenvalue weighted by Gasteiger charge is 2.35. The minimum atomic E-state index is -0.659. The topological polar surface area (TPSA) is 59.1 Å². The number of carbonyl (C=O) groups excluding carboxylic acids is 2. The molecule has 144 valence electrons. The Kier molecular flexibility index (Phi) is 6.83. The number of hydrogen-bond donors (Lipinski definition) is 0. The van der Waals surface area contributed by atoms with E-state index in [9.17, 15) is 14.0 Å². The molecule has 2 rings (SSSR count). The molecule has 7 heteroatoms. The maximum atomic E-state index is 12.9. The monoisotopic (exact) mass is 366 g/mol. The van der Waals surface area contributed by atoms with Gasteiger partial charge in [0.2, 0.25) is 0 Å². The molecule has 1 aliphatic heterocycles. The first kappa shape index (κ1) is 20.0. The summed E-state index contributed by atoms with van der Waals surface area (Å²) in [7, 11) is 0. The summed E-state index contributed by atoms with van der Waals surface area (Å²) in [6.45, 7) is 5.56. The number of benzene rings is 1. The Morgan fingerprint density at radius 3 is 2.58 bits per heavy atom. The number of amides is 2. The van der Waals surface area contributed by atoms with E-state index in [0.29, 0.717) is 19.5 Å². The van der Waals surface area contributed by atoms with E-state index in [4.69, 9.17) is 9.47 Å². The summed E-state index contributed by atoms with van der Waals surface area (Å²) >= 11 is 0. The lowest BCUT2D eigenvalue weighted by molar-refractivity contribution is 0.0152. The van der Waals surface area contributed by atoms with E-state index in [-0.39, 0.29) is 19.2 Å². The van der Waals surface area contributed by atoms with Crippen molar-refractivity contribution in [3.63, 3.8) is 0 Å². The van der Waals surface area contributed by atoms with Crippen molar-refractivity contribution in [3.05, 3.63) is 35.9 Å². The molecular formula is C19H27FN2O4. The molecule has 1 heterocycles. The standard InChI is InChI=1S/C19H27FN2O4/c1-19(2,3)26-18(24)22(12-10-20)16-9-11-21(13-16)17(23)25-14-15-7-5-4-6-8-15/h4-8,16H,9-14H2,1-3H3/t16-/m0/s1. The van der Waals surface area contributed by atoms with Gasteiger partial charge in [-0.1, -0.05) is 30.3 Å². The van der Waals surface area contributed by atoms with Crippen LogP contribution in [0, 0.1) is 0 Å². The largest absolute Gasteiger partial charge is 0.445 e. The zero-order valence-corrected chi connectivity index (χ0v) is 15.6. The molecule has 1 saturated heterocycles. The Morgan fingerprint density at radius 2 is 1.96 bits per heavy atom. The zero-order valence-electron chi connectivity index (χ0n) is 15.6. The molecule has 0 spiro atoms. The van der Waals surface area contributed by atoms with Gasteiger partial charge in [-0.05, 0) is 32.8 Å². The maximum absolute atomic E-state index is 12.9. The number of carbonyl (C=O) groups is 2. The Labute approximate surface area is 153 Å². The molecule has 0 unspecified atom stereocenters. The van der Waals surface area contributed by atoms with Gasteiger partial charge in [-0.15, -0.1) is 0 Å². The molecule has 1 fully saturated rings. The highest BCUT2D eigenvalue weighted by molar-refractivity contribution is 5.70. The number of alkyl halides is 1. The van der Waals surface area contributed by atoms with Crippen molar-refractivity contribution < 1.29 is 23.5 Å². The summed E-state index contributed by atoms with van der Waals surface area (Å²) in [6, 6.07) is 9.14. The first-order valence-electron chi connectivity index (χ1n) is 8.81. The first-order chi connectivity index (χ1) is 12.3. The Hall–Kier alpha value is -2.31. The van der Waals surface area contributed by atoms with Gasteiger partial charge in [-0.25, -0.2) is 14.0 Å². The SMILES string of the molecule is CC(C)(C)OC(=O)N(CCF)[C@H]1CCN(C(=O)OCc2ccccc2)C1. The Morgan fingerprint density at radius 1 is 1.27 bits per heavy atom. The van der Waals surface area contributed by atoms with Gasteiger partial charge < -0.3 is 19.3 Å². The fourth-order valence-electron chi connectivity index (χ4n) is 2.81. The van der Waals surface area contributed by atoms with Crippen LogP contribution in [0.1, 0.15) is 32.8 Å². The number of hydrogen-bond acceptors (Lipinski definition) is 4. The third-order valence-electron chi connectivity index (χ3n) is 4.02. The van der Waals surface area contributed by atoms with E-state index in [1.807, 2.05) is 30.3 Å². The van der Waals surface area contributed by atoms with Crippen LogP contribution in [0.2, 0.25) is 0 Å². The molecule has 1 atom stereocenters. The van der Waals surface area contributed by atoms with Crippen molar-refractivity contribution in [3.8, 4) is 0 Å². The lowest BCUT2D eigenvalue weighted by Crippen LogP contribution is -2.46. The maximum Gasteiger partial charge on any atom is 0.410 e. The molecule has 0 bridgehead atoms. The second kappa shape index (κ2) is 8.87. The average molecular weight is 366 g/mol. The van der Waals surface area contributed by atoms with Crippen LogP contribution in [0.3, 0.4) is 0 Å². The second-order valence-corrected chi connectivity index (χ2v) is 7.29. The van der Waals surface area contributed by atoms with Crippen molar-refractivity contribution in [2.24, 2.45) is 0 Å². The molecule has 1 aliphatic rings. The van der Waals surface area contributed by atoms with Gasteiger partial charge in [0.05, 0.1) is 12.6 Å². The fraction of sp³-hybridized carbons (Fsp3) is 0.579. The molecule has 6 nitrogen and oxygen atoms in total. The number of ether oxygens (including phenoxy) is 2. The molecule has 2 amide bonds. The predicted octanol–water partition coefficient (Wildman–Crippen LogP) is 3.60. The third kappa shape index (κ3) is 5.89. The summed E-state index contributed by atoms with van der Waals surface area (Å²) in [4.78, 5) is 27.5. The van der Waals surface area contributed by atoms with Gasteiger partial charge in [0.25, 0.3) is 0 Å². The van der Waals surface area contributed by atoms with Crippen molar-refractivity contribution in [2.45, 2.75) is 45.4 Å². The number of nitrogens with zero attached hydrogens (tertiary/aromatic N) is 2. The molecule has 1 aromatic rings. The van der Waals surface area contributed by atoms with E-state index in [1.165, 1.54) is 4.90 Å². The molecule has 0 saturated carbocycles. The van der Waals surface area contributed by atoms with Crippen LogP contribution in [0.15, 0.2) is 30.3 Å². The van der Waals surface area contributed by atoms with Crippen molar-refractivity contribution >= 4 is 12.2 Å². The summed E-state index contributed by atoms with van der Waals surface area (Å²) in [6.07, 6.45) is -0.417. The van der Waals surface area contributed by atoms with Gasteiger partial charge in [0.1, 0.15) is 18.9 Å². The quantitative estimate of drug-likeness (QED) is 0.799. The van der Waals surface area contributed by atoms with E-state index in [0.717, 1.165) is 5.56 Å². The Bertz CT molecular complexity index is 603. The minimum Gasteiger partial charge on any atom is -0.445 e. The van der Waals surface area contributed by atoms with E-state index in [1.54, 1.807) is 25.7 Å². The van der Waals surface area contributed by atoms with E-state index >= 15 is 0 Å². The highest BCUT2D eigenvalue weighted by Crippen LogP contribution is 2.20. The van der Waals surface area contributed by atoms with Gasteiger partial charge in [-0.3, -0.25) is 0 Å². The highest BCUT2D eigenvalue weighted by atomic mass is 19.1. The minimum absolute atomic E-state index is 0.0491. The van der Waals surface area contributed by atoms with Gasteiger partial charge in [-0.2, -0.15) is 0 Å². The molecule has 0 radical (unpaired) electrons. The number of rotatable bonds is 5. The number of halogens is 1. The lowest BCUT2D eigenvalue weighted by Gasteiger charge is -2.30. The van der Waals surface area contributed by atoms with Crippen LogP contribution in [0.25, 0.3) is 0 Å². The van der Waals surface area contributed by atoms with Gasteiger partial charge >= 0.3 is 12.2 Å². The zero-order chi connectivity index (χ0) is 19.2. The predicted molar refractivity (Wildman–Crippen MR) is 95.5 cm³/mol. The molecule has 0 aromatic heterocycles. The fourth-order valence-corrected chi connectivity index (χ4v) is 2.81. The molecular weight excluding hydrogens is 339 g/mol. The Balaban J connectivity index is 1.89. The third-order valence-corrected chi connectivity index (χ3v) is 4.02. The summed E-state index contributed by atoms with van der Waals surface area (Å²) in [5.74, 6) is 0. The van der Waals surface area contributed by atoms with E-state index < -0.39 is 24.5 Å². The van der Waals surface area contributed by atoms with Crippen molar-refractivity contribution in [1.82, 2.24) is 9.80 Å². The lowest BCUT2D eigenvalue weighted by atomic mass is 10.2. The van der Waals surface area contributed by atoms with Crippen LogP contribution in [-0.2, 0) is 16.1 Å². The average Bonchev–Trinajstić information content (AvgIpc) is 3.06. The van der Waals surface area contributed by atoms with Crippen LogP contribution >= 0.6 is 0 Å². The molecule has 26 heavy (non-hydrogen) atoms. The van der Waals surface area contributed by atoms with Crippen LogP contribution in [0.5, 0.6) is 0 Å². The van der Waals surface area contributed by atoms with Crippen molar-refractivity contribution in [1.29, 1.82) is 0 Å². The second-order valence-electron chi connectivity index (χ2n) is 7.29. The van der Waals surface area contributed by atoms with Crippen molar-refractivity contribution in [2.75, 3.05) is 26.3 Å². The summed E-state index contributed by atoms with van der Waals surface area (Å²) in [5.41, 5.74) is 0.253. The molecule has 1 aromatic carbocycles. The summed E-state index contributed by atoms with van der Waals surface area (Å²) < 4.78 is 23.6.